The van der Waals surface area contributed by atoms with Gasteiger partial charge in [-0.25, -0.2) is 0 Å². The van der Waals surface area contributed by atoms with Crippen LogP contribution in [0, 0.1) is 0 Å². The van der Waals surface area contributed by atoms with Crippen molar-refractivity contribution in [2.75, 3.05) is 47.9 Å². The first-order valence-corrected chi connectivity index (χ1v) is 23.6. The van der Waals surface area contributed by atoms with Crippen LogP contribution in [0.25, 0.3) is 32.7 Å². The van der Waals surface area contributed by atoms with Gasteiger partial charge in [-0.3, -0.25) is 24.2 Å². The molecule has 3 aromatic carbocycles. The number of carbonyl (C=O) groups is 3. The molecule has 3 atom stereocenters. The first-order valence-electron chi connectivity index (χ1n) is 19.1. The van der Waals surface area contributed by atoms with Gasteiger partial charge in [0, 0.05) is 89.1 Å². The van der Waals surface area contributed by atoms with E-state index in [9.17, 15) is 19.5 Å². The van der Waals surface area contributed by atoms with Crippen LogP contribution in [0.5, 0.6) is 0 Å². The molecule has 3 aliphatic rings. The Morgan fingerprint density at radius 1 is 0.649 bits per heavy atom. The Kier molecular flexibility index (Phi) is 12.9. The maximum Gasteiger partial charge on any atom is 0.314 e. The van der Waals surface area contributed by atoms with Crippen molar-refractivity contribution in [3.05, 3.63) is 107 Å². The Hall–Kier alpha value is -4.92. The maximum atomic E-state index is 12.0. The molecule has 0 amide bonds. The Balaban J connectivity index is 0.000000136. The second kappa shape index (κ2) is 17.7. The Bertz CT molecular complexity index is 2370. The molecule has 0 saturated heterocycles. The molecule has 0 saturated carbocycles. The Morgan fingerprint density at radius 2 is 1.02 bits per heavy atom. The van der Waals surface area contributed by atoms with Crippen molar-refractivity contribution in [2.24, 2.45) is 0 Å². The fourth-order valence-electron chi connectivity index (χ4n) is 8.04. The average molecular weight is 813 g/mol. The number of aliphatic carboxylic acids is 1. The second-order valence-corrected chi connectivity index (χ2v) is 23.4. The van der Waals surface area contributed by atoms with Gasteiger partial charge in [0.2, 0.25) is 0 Å². The molecule has 57 heavy (non-hydrogen) atoms. The van der Waals surface area contributed by atoms with Crippen LogP contribution in [-0.2, 0) is 43.5 Å². The van der Waals surface area contributed by atoms with Crippen molar-refractivity contribution in [3.8, 4) is 0 Å². The summed E-state index contributed by atoms with van der Waals surface area (Å²) in [6, 6.07) is 24.1. The van der Waals surface area contributed by atoms with E-state index in [4.69, 9.17) is 20.6 Å². The van der Waals surface area contributed by atoms with Gasteiger partial charge < -0.3 is 34.8 Å². The number of aromatic amines is 3. The van der Waals surface area contributed by atoms with Gasteiger partial charge in [-0.1, -0.05) is 74.2 Å². The smallest absolute Gasteiger partial charge is 0.314 e. The molecule has 14 heteroatoms. The van der Waals surface area contributed by atoms with Crippen LogP contribution >= 0.6 is 11.1 Å². The molecule has 5 N–H and O–H groups in total. The van der Waals surface area contributed by atoms with Crippen molar-refractivity contribution in [3.63, 3.8) is 0 Å². The molecule has 0 bridgehead atoms. The molecule has 3 aromatic heterocycles. The first kappa shape index (κ1) is 41.7. The molecule has 6 aromatic rings. The van der Waals surface area contributed by atoms with E-state index in [1.807, 2.05) is 85.7 Å². The van der Waals surface area contributed by atoms with E-state index in [-0.39, 0.29) is 23.8 Å². The Morgan fingerprint density at radius 3 is 1.46 bits per heavy atom. The highest BCUT2D eigenvalue weighted by Gasteiger charge is 2.34. The minimum absolute atomic E-state index is 0.160. The van der Waals surface area contributed by atoms with Crippen LogP contribution in [0.4, 0.5) is 0 Å². The quantitative estimate of drug-likeness (QED) is 0.0707. The summed E-state index contributed by atoms with van der Waals surface area (Å²) in [7, 11) is 5.71. The monoisotopic (exact) mass is 812 g/mol. The zero-order chi connectivity index (χ0) is 41.0. The predicted molar refractivity (Wildman–Crippen MR) is 228 cm³/mol. The van der Waals surface area contributed by atoms with Crippen LogP contribution in [0.3, 0.4) is 0 Å². The number of methoxy groups -OCH3 is 2. The van der Waals surface area contributed by atoms with Crippen molar-refractivity contribution >= 4 is 69.1 Å². The predicted octanol–water partition coefficient (Wildman–Crippen LogP) is 7.24. The molecule has 302 valence electrons. The number of ether oxygens (including phenoxy) is 2. The third-order valence-corrected chi connectivity index (χ3v) is 10.3. The van der Waals surface area contributed by atoms with E-state index >= 15 is 0 Å². The molecular formula is C43H53ClN6O6Si. The zero-order valence-electron chi connectivity index (χ0n) is 33.7. The summed E-state index contributed by atoms with van der Waals surface area (Å²) in [5.41, 5.74) is 9.61. The van der Waals surface area contributed by atoms with Gasteiger partial charge in [-0.05, 0) is 49.0 Å². The fourth-order valence-corrected chi connectivity index (χ4v) is 8.04. The Labute approximate surface area is 338 Å². The molecular weight excluding hydrogens is 760 g/mol. The zero-order valence-corrected chi connectivity index (χ0v) is 35.4. The third-order valence-electron chi connectivity index (χ3n) is 10.3. The standard InChI is InChI=1S/C14H16N2O2.2C13H14N2O2.C3H9ClSi/c1-16-7-10(14(17)18-2)13-9-5-3-4-6-11(9)15-12(13)8-16;1-15-6-9(13(16)17)12-8-4-2-3-5-10(8)14-11(12)7-15;1-17-13(16)9-6-14-7-11-12(9)8-4-2-3-5-10(8)15-11;1-5(2,3)4/h3-6,10,15H,7-8H2,1-2H3;2-5,9,14H,6-7H2,1H3,(H,16,17);2-5,9,14-15H,6-7H2,1H3;1-3H3/t10-;2*9-;/m111./s1. The van der Waals surface area contributed by atoms with Crippen LogP contribution < -0.4 is 5.32 Å². The number of halogens is 1. The number of H-pyrrole nitrogens is 3. The highest BCUT2D eigenvalue weighted by atomic mass is 35.6. The molecule has 0 aliphatic carbocycles. The third kappa shape index (κ3) is 9.45. The summed E-state index contributed by atoms with van der Waals surface area (Å²) < 4.78 is 9.81. The van der Waals surface area contributed by atoms with Gasteiger partial charge in [-0.15, -0.1) is 0 Å². The summed E-state index contributed by atoms with van der Waals surface area (Å²) in [4.78, 5) is 49.4. The lowest BCUT2D eigenvalue weighted by molar-refractivity contribution is -0.143. The number of carboxylic acid groups (broad SMARTS) is 1. The number of likely N-dealkylation sites (N-methyl/N-ethyl adjacent to an activating group) is 2. The van der Waals surface area contributed by atoms with Gasteiger partial charge >= 0.3 is 17.9 Å². The summed E-state index contributed by atoms with van der Waals surface area (Å²) in [5.74, 6) is -1.92. The first-order chi connectivity index (χ1) is 27.2. The summed E-state index contributed by atoms with van der Waals surface area (Å²) in [5, 5.41) is 15.9. The lowest BCUT2D eigenvalue weighted by Crippen LogP contribution is -2.34. The lowest BCUT2D eigenvalue weighted by atomic mass is 9.92. The van der Waals surface area contributed by atoms with Gasteiger partial charge in [0.05, 0.1) is 32.0 Å². The van der Waals surface area contributed by atoms with Crippen LogP contribution in [0.2, 0.25) is 19.6 Å². The molecule has 6 heterocycles. The molecule has 0 fully saturated rings. The number of nitrogens with zero attached hydrogens (tertiary/aromatic N) is 2. The maximum absolute atomic E-state index is 12.0. The largest absolute Gasteiger partial charge is 0.481 e. The molecule has 0 unspecified atom stereocenters. The normalized spacial score (nSPS) is 19.1. The summed E-state index contributed by atoms with van der Waals surface area (Å²) in [6.07, 6.45) is 0. The number of hydrogen-bond acceptors (Lipinski definition) is 8. The minimum Gasteiger partial charge on any atom is -0.481 e. The van der Waals surface area contributed by atoms with Crippen molar-refractivity contribution < 1.29 is 29.0 Å². The van der Waals surface area contributed by atoms with E-state index < -0.39 is 19.3 Å². The average Bonchev–Trinajstić information content (AvgIpc) is 3.87. The molecule has 3 aliphatic heterocycles. The number of benzene rings is 3. The number of carboxylic acids is 1. The van der Waals surface area contributed by atoms with Crippen LogP contribution in [0.15, 0.2) is 72.8 Å². The van der Waals surface area contributed by atoms with Crippen LogP contribution in [0.1, 0.15) is 51.5 Å². The van der Waals surface area contributed by atoms with E-state index in [2.05, 4.69) is 50.9 Å². The van der Waals surface area contributed by atoms with Crippen molar-refractivity contribution in [2.45, 2.75) is 57.0 Å². The summed E-state index contributed by atoms with van der Waals surface area (Å²) >= 11 is 5.67. The molecule has 0 radical (unpaired) electrons. The number of esters is 2. The molecule has 12 nitrogen and oxygen atoms in total. The second-order valence-electron chi connectivity index (χ2n) is 15.8. The van der Waals surface area contributed by atoms with E-state index in [1.54, 1.807) is 0 Å². The van der Waals surface area contributed by atoms with Crippen molar-refractivity contribution in [1.29, 1.82) is 0 Å². The van der Waals surface area contributed by atoms with E-state index in [0.717, 1.165) is 86.1 Å². The van der Waals surface area contributed by atoms with Gasteiger partial charge in [0.25, 0.3) is 0 Å². The highest BCUT2D eigenvalue weighted by molar-refractivity contribution is 7.18. The topological polar surface area (TPSA) is 156 Å². The number of carbonyl (C=O) groups excluding carboxylic acids is 2. The van der Waals surface area contributed by atoms with Gasteiger partial charge in [0.15, 0.2) is 0 Å². The fraction of sp³-hybridized carbons (Fsp3) is 0.372. The SMILES string of the molecule is CN1Cc2[nH]c3ccccc3c2[C@H](C(=O)O)C1.COC(=O)[C@@H]1CN(C)Cc2[nH]c3ccccc3c21.COC(=O)[C@@H]1CNCc2[nH]c3ccccc3c21.C[Si](C)(C)Cl. The van der Waals surface area contributed by atoms with Gasteiger partial charge in [0.1, 0.15) is 7.38 Å². The number of rotatable bonds is 3. The van der Waals surface area contributed by atoms with Crippen molar-refractivity contribution in [1.82, 2.24) is 30.1 Å². The van der Waals surface area contributed by atoms with E-state index in [1.165, 1.54) is 14.2 Å². The molecule has 0 spiro atoms. The number of para-hydroxylation sites is 3. The number of aromatic nitrogens is 3. The molecule has 9 rings (SSSR count). The van der Waals surface area contributed by atoms with Gasteiger partial charge in [-0.2, -0.15) is 11.1 Å². The highest BCUT2D eigenvalue weighted by Crippen LogP contribution is 2.36. The number of hydrogen-bond donors (Lipinski definition) is 5. The van der Waals surface area contributed by atoms with E-state index in [0.29, 0.717) is 19.6 Å². The van der Waals surface area contributed by atoms with Crippen LogP contribution in [-0.4, -0.2) is 103 Å². The number of nitrogens with one attached hydrogen (secondary N) is 4. The number of fused-ring (bicyclic) bond motifs is 9. The minimum atomic E-state index is -1.14. The summed E-state index contributed by atoms with van der Waals surface area (Å²) in [6.45, 7) is 10.6. The lowest BCUT2D eigenvalue weighted by Gasteiger charge is -2.28.